The Kier molecular flexibility index (Phi) is 3.57. The zero-order chi connectivity index (χ0) is 18.5. The first kappa shape index (κ1) is 16.1. The van der Waals surface area contributed by atoms with E-state index in [1.165, 1.54) is 11.1 Å². The van der Waals surface area contributed by atoms with Crippen molar-refractivity contribution in [2.75, 3.05) is 37.0 Å². The summed E-state index contributed by atoms with van der Waals surface area (Å²) in [6.07, 6.45) is 0. The van der Waals surface area contributed by atoms with Crippen LogP contribution in [0.2, 0.25) is 0 Å². The second-order valence-corrected chi connectivity index (χ2v) is 7.50. The zero-order valence-corrected chi connectivity index (χ0v) is 15.6. The lowest BCUT2D eigenvalue weighted by Gasteiger charge is -2.13. The van der Waals surface area contributed by atoms with E-state index < -0.39 is 0 Å². The first-order valence-electron chi connectivity index (χ1n) is 9.38. The zero-order valence-electron chi connectivity index (χ0n) is 15.6. The molecule has 0 saturated carbocycles. The fourth-order valence-corrected chi connectivity index (χ4v) is 4.47. The van der Waals surface area contributed by atoms with Crippen LogP contribution >= 0.6 is 0 Å². The quantitative estimate of drug-likeness (QED) is 0.658. The van der Waals surface area contributed by atoms with Crippen LogP contribution in [0.25, 0.3) is 0 Å². The fourth-order valence-electron chi connectivity index (χ4n) is 4.47. The van der Waals surface area contributed by atoms with Crippen molar-refractivity contribution in [3.63, 3.8) is 0 Å². The summed E-state index contributed by atoms with van der Waals surface area (Å²) in [4.78, 5) is 18.1. The molecule has 1 aromatic heterocycles. The lowest BCUT2D eigenvalue weighted by Crippen LogP contribution is -2.56. The molecule has 5 heteroatoms. The van der Waals surface area contributed by atoms with E-state index in [0.717, 1.165) is 24.7 Å². The van der Waals surface area contributed by atoms with Gasteiger partial charge in [0.05, 0.1) is 19.7 Å². The molecule has 0 saturated heterocycles. The summed E-state index contributed by atoms with van der Waals surface area (Å²) < 4.78 is 3.93. The third-order valence-electron chi connectivity index (χ3n) is 5.83. The maximum absolute atomic E-state index is 13.7. The van der Waals surface area contributed by atoms with Gasteiger partial charge in [0, 0.05) is 7.05 Å². The van der Waals surface area contributed by atoms with E-state index in [1.807, 2.05) is 45.5 Å². The van der Waals surface area contributed by atoms with Gasteiger partial charge in [0.2, 0.25) is 5.82 Å². The van der Waals surface area contributed by atoms with Gasteiger partial charge in [0.1, 0.15) is 18.6 Å². The number of fused-ring (bicyclic) bond motifs is 2. The highest BCUT2D eigenvalue weighted by Crippen LogP contribution is 2.34. The molecule has 2 aliphatic heterocycles. The number of rotatable bonds is 2. The van der Waals surface area contributed by atoms with E-state index >= 15 is 0 Å². The molecule has 2 aromatic carbocycles. The van der Waals surface area contributed by atoms with Gasteiger partial charge >= 0.3 is 5.69 Å². The van der Waals surface area contributed by atoms with E-state index in [9.17, 15) is 4.79 Å². The molecule has 0 spiro atoms. The average molecular weight is 359 g/mol. The van der Waals surface area contributed by atoms with E-state index in [0.29, 0.717) is 0 Å². The minimum Gasteiger partial charge on any atom is -0.345 e. The molecule has 0 amide bonds. The number of hydrogen-bond donors (Lipinski definition) is 0. The van der Waals surface area contributed by atoms with Crippen molar-refractivity contribution in [1.29, 1.82) is 0 Å². The lowest BCUT2D eigenvalue weighted by molar-refractivity contribution is -0.706. The van der Waals surface area contributed by atoms with Gasteiger partial charge in [-0.1, -0.05) is 60.7 Å². The molecule has 5 nitrogen and oxygen atoms in total. The van der Waals surface area contributed by atoms with Gasteiger partial charge in [-0.25, -0.2) is 9.36 Å². The predicted octanol–water partition coefficient (Wildman–Crippen LogP) is 2.21. The van der Waals surface area contributed by atoms with Gasteiger partial charge in [0.15, 0.2) is 5.82 Å². The molecule has 0 N–H and O–H groups in total. The van der Waals surface area contributed by atoms with Crippen molar-refractivity contribution in [3.8, 4) is 0 Å². The van der Waals surface area contributed by atoms with Crippen molar-refractivity contribution < 1.29 is 4.57 Å². The Bertz CT molecular complexity index is 964. The highest BCUT2D eigenvalue weighted by Gasteiger charge is 2.42. The van der Waals surface area contributed by atoms with Crippen molar-refractivity contribution in [1.82, 2.24) is 4.57 Å². The molecular weight excluding hydrogens is 336 g/mol. The Morgan fingerprint density at radius 2 is 1.48 bits per heavy atom. The summed E-state index contributed by atoms with van der Waals surface area (Å²) in [5.41, 5.74) is 2.42. The lowest BCUT2D eigenvalue weighted by atomic mass is 10.1. The molecule has 2 unspecified atom stereocenters. The molecule has 27 heavy (non-hydrogen) atoms. The summed E-state index contributed by atoms with van der Waals surface area (Å²) in [5.74, 6) is 1.97. The van der Waals surface area contributed by atoms with Crippen LogP contribution in [0, 0.1) is 0 Å². The molecule has 0 bridgehead atoms. The number of likely N-dealkylation sites (N-methyl/N-ethyl adjacent to an activating group) is 2. The van der Waals surface area contributed by atoms with Crippen LogP contribution in [-0.2, 0) is 0 Å². The monoisotopic (exact) mass is 359 g/mol. The second kappa shape index (κ2) is 5.98. The average Bonchev–Trinajstić information content (AvgIpc) is 3.22. The largest absolute Gasteiger partial charge is 0.446 e. The molecule has 0 radical (unpaired) electrons. The maximum Gasteiger partial charge on any atom is 0.446 e. The first-order chi connectivity index (χ1) is 13.1. The Morgan fingerprint density at radius 1 is 0.852 bits per heavy atom. The van der Waals surface area contributed by atoms with Gasteiger partial charge in [0.25, 0.3) is 0 Å². The first-order valence-corrected chi connectivity index (χ1v) is 9.38. The van der Waals surface area contributed by atoms with E-state index in [-0.39, 0.29) is 17.8 Å². The van der Waals surface area contributed by atoms with Crippen LogP contribution in [0.3, 0.4) is 0 Å². The van der Waals surface area contributed by atoms with Gasteiger partial charge in [-0.15, -0.1) is 0 Å². The van der Waals surface area contributed by atoms with Gasteiger partial charge in [-0.2, -0.15) is 4.57 Å². The van der Waals surface area contributed by atoms with Crippen molar-refractivity contribution in [2.24, 2.45) is 0 Å². The number of aromatic nitrogens is 2. The van der Waals surface area contributed by atoms with Gasteiger partial charge in [-0.05, 0) is 11.1 Å². The SMILES string of the molecule is CN1CC(c2ccccc2)n2c1cc1[n+](c2=O)C(c2ccccc2)CN1C. The summed E-state index contributed by atoms with van der Waals surface area (Å²) >= 11 is 0. The molecule has 136 valence electrons. The normalized spacial score (nSPS) is 20.7. The summed E-state index contributed by atoms with van der Waals surface area (Å²) in [6, 6.07) is 22.9. The van der Waals surface area contributed by atoms with Crippen molar-refractivity contribution in [2.45, 2.75) is 12.1 Å². The Morgan fingerprint density at radius 3 is 2.15 bits per heavy atom. The van der Waals surface area contributed by atoms with Crippen LogP contribution in [0.4, 0.5) is 11.6 Å². The standard InChI is InChI=1S/C22H23N4O/c1-23-14-18(16-9-5-3-6-10-16)25-20(23)13-21-24(2)15-19(26(21)22(25)27)17-11-7-4-8-12-17/h3-13,18-19H,14-15H2,1-2H3/q+1. The molecule has 0 fully saturated rings. The minimum atomic E-state index is 0.0406. The Labute approximate surface area is 158 Å². The molecule has 5 rings (SSSR count). The highest BCUT2D eigenvalue weighted by atomic mass is 16.2. The smallest absolute Gasteiger partial charge is 0.345 e. The topological polar surface area (TPSA) is 32.4 Å². The third kappa shape index (κ3) is 2.38. The Balaban J connectivity index is 1.71. The predicted molar refractivity (Wildman–Crippen MR) is 107 cm³/mol. The number of hydrogen-bond acceptors (Lipinski definition) is 3. The van der Waals surface area contributed by atoms with Gasteiger partial charge in [-0.3, -0.25) is 4.90 Å². The fraction of sp³-hybridized carbons (Fsp3) is 0.273. The van der Waals surface area contributed by atoms with Crippen LogP contribution < -0.4 is 20.1 Å². The van der Waals surface area contributed by atoms with Gasteiger partial charge < -0.3 is 4.90 Å². The summed E-state index contributed by atoms with van der Waals surface area (Å²) in [5, 5.41) is 0. The number of anilines is 2. The maximum atomic E-state index is 13.7. The molecule has 3 heterocycles. The third-order valence-corrected chi connectivity index (χ3v) is 5.83. The van der Waals surface area contributed by atoms with E-state index in [1.54, 1.807) is 0 Å². The molecular formula is C22H23N4O+. The van der Waals surface area contributed by atoms with Crippen LogP contribution in [0.1, 0.15) is 23.2 Å². The number of nitrogens with zero attached hydrogens (tertiary/aromatic N) is 4. The van der Waals surface area contributed by atoms with Crippen LogP contribution in [0.5, 0.6) is 0 Å². The number of benzene rings is 2. The minimum absolute atomic E-state index is 0.0406. The van der Waals surface area contributed by atoms with Crippen molar-refractivity contribution in [3.05, 3.63) is 88.3 Å². The molecule has 2 atom stereocenters. The van der Waals surface area contributed by atoms with Crippen LogP contribution in [0.15, 0.2) is 71.5 Å². The summed E-state index contributed by atoms with van der Waals surface area (Å²) in [7, 11) is 4.13. The van der Waals surface area contributed by atoms with Crippen molar-refractivity contribution >= 4 is 11.6 Å². The highest BCUT2D eigenvalue weighted by molar-refractivity contribution is 5.53. The molecule has 0 aliphatic carbocycles. The molecule has 2 aliphatic rings. The molecule has 3 aromatic rings. The Hall–Kier alpha value is -3.08. The second-order valence-electron chi connectivity index (χ2n) is 7.50. The van der Waals surface area contributed by atoms with E-state index in [2.05, 4.69) is 54.2 Å². The van der Waals surface area contributed by atoms with Crippen LogP contribution in [-0.4, -0.2) is 31.8 Å². The summed E-state index contributed by atoms with van der Waals surface area (Å²) in [6.45, 7) is 1.62. The van der Waals surface area contributed by atoms with E-state index in [4.69, 9.17) is 0 Å².